The minimum Gasteiger partial charge on any atom is -0.366 e. The van der Waals surface area contributed by atoms with Crippen LogP contribution in [0.5, 0.6) is 0 Å². The van der Waals surface area contributed by atoms with Crippen LogP contribution in [0.2, 0.25) is 5.02 Å². The average molecular weight is 574 g/mol. The highest BCUT2D eigenvalue weighted by Crippen LogP contribution is 2.45. The Kier molecular flexibility index (Phi) is 7.48. The molecule has 2 aliphatic heterocycles. The van der Waals surface area contributed by atoms with Gasteiger partial charge in [0.15, 0.2) is 0 Å². The minimum absolute atomic E-state index is 0.0124. The van der Waals surface area contributed by atoms with Gasteiger partial charge in [-0.2, -0.15) is 0 Å². The van der Waals surface area contributed by atoms with E-state index < -0.39 is 24.4 Å². The fourth-order valence-electron chi connectivity index (χ4n) is 5.03. The van der Waals surface area contributed by atoms with E-state index in [1.165, 1.54) is 5.56 Å². The third-order valence-electron chi connectivity index (χ3n) is 6.64. The van der Waals surface area contributed by atoms with Gasteiger partial charge in [0.2, 0.25) is 5.91 Å². The normalized spacial score (nSPS) is 19.9. The number of benzene rings is 2. The van der Waals surface area contributed by atoms with Crippen molar-refractivity contribution in [2.24, 2.45) is 0 Å². The van der Waals surface area contributed by atoms with Gasteiger partial charge in [-0.25, -0.2) is 9.69 Å². The van der Waals surface area contributed by atoms with E-state index >= 15 is 0 Å². The Balaban J connectivity index is 1.55. The number of hydrogen-bond donors (Lipinski definition) is 2. The third kappa shape index (κ3) is 5.30. The van der Waals surface area contributed by atoms with Crippen LogP contribution in [-0.4, -0.2) is 41.4 Å². The number of fused-ring (bicyclic) bond motifs is 1. The number of urea groups is 1. The van der Waals surface area contributed by atoms with Crippen molar-refractivity contribution in [2.75, 3.05) is 23.3 Å². The summed E-state index contributed by atoms with van der Waals surface area (Å²) in [4.78, 5) is 41.2. The molecule has 0 saturated carbocycles. The van der Waals surface area contributed by atoms with Crippen molar-refractivity contribution in [3.8, 4) is 0 Å². The molecule has 2 heterocycles. The van der Waals surface area contributed by atoms with Crippen LogP contribution in [0, 0.1) is 0 Å². The number of nitrogens with one attached hydrogen (secondary N) is 2. The van der Waals surface area contributed by atoms with Gasteiger partial charge in [0.25, 0.3) is 5.91 Å². The fraction of sp³-hybridized carbons (Fsp3) is 0.370. The Labute approximate surface area is 225 Å². The fourth-order valence-corrected chi connectivity index (χ4v) is 5.50. The second kappa shape index (κ2) is 10.3. The van der Waals surface area contributed by atoms with E-state index in [9.17, 15) is 14.4 Å². The van der Waals surface area contributed by atoms with Crippen LogP contribution in [0.1, 0.15) is 57.6 Å². The Morgan fingerprint density at radius 1 is 1.25 bits per heavy atom. The molecule has 2 aromatic carbocycles. The molecule has 7 nitrogen and oxygen atoms in total. The summed E-state index contributed by atoms with van der Waals surface area (Å²) in [6.45, 7) is 9.39. The Bertz CT molecular complexity index is 1240. The molecule has 0 bridgehead atoms. The maximum absolute atomic E-state index is 13.0. The van der Waals surface area contributed by atoms with E-state index in [0.717, 1.165) is 34.4 Å². The van der Waals surface area contributed by atoms with Crippen LogP contribution < -0.4 is 15.5 Å². The molecule has 1 fully saturated rings. The van der Waals surface area contributed by atoms with Gasteiger partial charge >= 0.3 is 6.03 Å². The zero-order valence-electron chi connectivity index (χ0n) is 20.8. The molecule has 0 spiro atoms. The number of nitrogens with zero attached hydrogens (tertiary/aromatic N) is 2. The van der Waals surface area contributed by atoms with Crippen LogP contribution >= 0.6 is 27.5 Å². The van der Waals surface area contributed by atoms with Crippen molar-refractivity contribution in [2.45, 2.75) is 52.0 Å². The number of rotatable bonds is 6. The quantitative estimate of drug-likeness (QED) is 0.321. The lowest BCUT2D eigenvalue weighted by molar-refractivity contribution is -0.127. The van der Waals surface area contributed by atoms with E-state index in [1.54, 1.807) is 30.3 Å². The summed E-state index contributed by atoms with van der Waals surface area (Å²) >= 11 is 10.0. The van der Waals surface area contributed by atoms with Gasteiger partial charge in [-0.05, 0) is 86.2 Å². The van der Waals surface area contributed by atoms with E-state index in [-0.39, 0.29) is 11.2 Å². The first kappa shape index (κ1) is 26.2. The lowest BCUT2D eigenvalue weighted by atomic mass is 9.79. The Morgan fingerprint density at radius 3 is 2.61 bits per heavy atom. The Hall–Kier alpha value is -2.84. The summed E-state index contributed by atoms with van der Waals surface area (Å²) in [5.74, 6) is -0.729. The summed E-state index contributed by atoms with van der Waals surface area (Å²) in [6, 6.07) is 10.3. The SMILES string of the molecule is CCCN1c2cc(Cl)c(/C=C3/NC(=O)N(CC(=O)Nc4ccc(Br)cc4)C3=O)cc2C(C)CC1(C)C. The summed E-state index contributed by atoms with van der Waals surface area (Å²) in [7, 11) is 0. The predicted octanol–water partition coefficient (Wildman–Crippen LogP) is 6.14. The zero-order valence-corrected chi connectivity index (χ0v) is 23.2. The van der Waals surface area contributed by atoms with Crippen molar-refractivity contribution < 1.29 is 14.4 Å². The molecule has 190 valence electrons. The highest BCUT2D eigenvalue weighted by Gasteiger charge is 2.37. The van der Waals surface area contributed by atoms with Gasteiger partial charge in [0.05, 0.1) is 0 Å². The van der Waals surface area contributed by atoms with E-state index in [4.69, 9.17) is 11.6 Å². The van der Waals surface area contributed by atoms with E-state index in [1.807, 2.05) is 12.1 Å². The molecule has 1 atom stereocenters. The monoisotopic (exact) mass is 572 g/mol. The van der Waals surface area contributed by atoms with Crippen molar-refractivity contribution in [1.82, 2.24) is 10.2 Å². The van der Waals surface area contributed by atoms with Crippen molar-refractivity contribution >= 4 is 62.8 Å². The van der Waals surface area contributed by atoms with Crippen LogP contribution in [0.15, 0.2) is 46.6 Å². The van der Waals surface area contributed by atoms with Crippen molar-refractivity contribution in [3.63, 3.8) is 0 Å². The summed E-state index contributed by atoms with van der Waals surface area (Å²) in [5.41, 5.74) is 3.61. The molecule has 4 amide bonds. The van der Waals surface area contributed by atoms with Crippen LogP contribution in [0.4, 0.5) is 16.2 Å². The summed E-state index contributed by atoms with van der Waals surface area (Å²) in [5, 5.41) is 5.78. The zero-order chi connectivity index (χ0) is 26.2. The molecule has 36 heavy (non-hydrogen) atoms. The van der Waals surface area contributed by atoms with Crippen LogP contribution in [0.3, 0.4) is 0 Å². The van der Waals surface area contributed by atoms with E-state index in [2.05, 4.69) is 59.2 Å². The average Bonchev–Trinajstić information content (AvgIpc) is 3.06. The standard InChI is InChI=1S/C27H30BrClN4O3/c1-5-10-33-23-13-21(29)17(11-20(23)16(2)14-27(33,3)4)12-22-25(35)32(26(36)31-22)15-24(34)30-19-8-6-18(28)7-9-19/h6-9,11-13,16H,5,10,14-15H2,1-4H3,(H,30,34)(H,31,36)/b22-12+. The van der Waals surface area contributed by atoms with Crippen molar-refractivity contribution in [1.29, 1.82) is 0 Å². The van der Waals surface area contributed by atoms with Crippen LogP contribution in [-0.2, 0) is 9.59 Å². The summed E-state index contributed by atoms with van der Waals surface area (Å²) < 4.78 is 0.876. The highest BCUT2D eigenvalue weighted by atomic mass is 79.9. The number of carbonyl (C=O) groups is 3. The molecule has 4 rings (SSSR count). The number of anilines is 2. The molecule has 1 saturated heterocycles. The lowest BCUT2D eigenvalue weighted by Gasteiger charge is -2.47. The van der Waals surface area contributed by atoms with Crippen molar-refractivity contribution in [3.05, 3.63) is 62.7 Å². The number of carbonyl (C=O) groups excluding carboxylic acids is 3. The smallest absolute Gasteiger partial charge is 0.329 e. The van der Waals surface area contributed by atoms with E-state index in [0.29, 0.717) is 22.2 Å². The maximum Gasteiger partial charge on any atom is 0.329 e. The van der Waals surface area contributed by atoms with Gasteiger partial charge in [0.1, 0.15) is 12.2 Å². The molecule has 9 heteroatoms. The molecular weight excluding hydrogens is 544 g/mol. The number of hydrogen-bond acceptors (Lipinski definition) is 4. The van der Waals surface area contributed by atoms with Gasteiger partial charge in [-0.15, -0.1) is 0 Å². The first-order chi connectivity index (χ1) is 17.0. The molecular formula is C27H30BrClN4O3. The largest absolute Gasteiger partial charge is 0.366 e. The molecule has 2 aliphatic rings. The first-order valence-electron chi connectivity index (χ1n) is 12.0. The Morgan fingerprint density at radius 2 is 1.94 bits per heavy atom. The minimum atomic E-state index is -0.643. The number of amides is 4. The second-order valence-corrected chi connectivity index (χ2v) is 11.3. The lowest BCUT2D eigenvalue weighted by Crippen LogP contribution is -2.48. The number of imide groups is 1. The molecule has 0 aliphatic carbocycles. The van der Waals surface area contributed by atoms with Gasteiger partial charge < -0.3 is 15.5 Å². The third-order valence-corrected chi connectivity index (χ3v) is 7.50. The molecule has 2 aromatic rings. The highest BCUT2D eigenvalue weighted by molar-refractivity contribution is 9.10. The summed E-state index contributed by atoms with van der Waals surface area (Å²) in [6.07, 6.45) is 3.60. The first-order valence-corrected chi connectivity index (χ1v) is 13.2. The predicted molar refractivity (Wildman–Crippen MR) is 147 cm³/mol. The topological polar surface area (TPSA) is 81.8 Å². The maximum atomic E-state index is 13.0. The molecule has 0 aromatic heterocycles. The second-order valence-electron chi connectivity index (χ2n) is 9.94. The van der Waals surface area contributed by atoms with Gasteiger partial charge in [0, 0.05) is 33.0 Å². The molecule has 2 N–H and O–H groups in total. The number of halogens is 2. The molecule has 0 radical (unpaired) electrons. The molecule has 1 unspecified atom stereocenters. The van der Waals surface area contributed by atoms with Gasteiger partial charge in [-0.3, -0.25) is 9.59 Å². The van der Waals surface area contributed by atoms with Gasteiger partial charge in [-0.1, -0.05) is 41.4 Å². The van der Waals surface area contributed by atoms with Crippen LogP contribution in [0.25, 0.3) is 6.08 Å².